The van der Waals surface area contributed by atoms with Crippen LogP contribution in [0.5, 0.6) is 0 Å². The summed E-state index contributed by atoms with van der Waals surface area (Å²) in [6.45, 7) is 11.9. The van der Waals surface area contributed by atoms with Gasteiger partial charge in [-0.05, 0) is 31.0 Å². The van der Waals surface area contributed by atoms with Crippen molar-refractivity contribution in [2.45, 2.75) is 61.6 Å². The molecular formula is C14H27Cl3N2O3Si. The highest BCUT2D eigenvalue weighted by Gasteiger charge is 2.38. The van der Waals surface area contributed by atoms with Gasteiger partial charge < -0.3 is 9.16 Å². The van der Waals surface area contributed by atoms with E-state index in [-0.39, 0.29) is 17.7 Å². The molecule has 0 aromatic carbocycles. The van der Waals surface area contributed by atoms with Gasteiger partial charge in [-0.3, -0.25) is 0 Å². The zero-order valence-corrected chi connectivity index (χ0v) is 17.7. The van der Waals surface area contributed by atoms with E-state index >= 15 is 0 Å². The number of carbonyl (C=O) groups excluding carboxylic acids is 1. The predicted molar refractivity (Wildman–Crippen MR) is 97.7 cm³/mol. The molecule has 1 heterocycles. The van der Waals surface area contributed by atoms with Crippen LogP contribution in [0.15, 0.2) is 0 Å². The van der Waals surface area contributed by atoms with Crippen LogP contribution in [0.25, 0.3) is 0 Å². The summed E-state index contributed by atoms with van der Waals surface area (Å²) in [4.78, 5) is 12.0. The number of carbonyl (C=O) groups is 1. The lowest BCUT2D eigenvalue weighted by Crippen LogP contribution is -2.55. The fourth-order valence-electron chi connectivity index (χ4n) is 1.86. The highest BCUT2D eigenvalue weighted by atomic mass is 35.6. The van der Waals surface area contributed by atoms with Gasteiger partial charge in [0.25, 0.3) is 0 Å². The van der Waals surface area contributed by atoms with Crippen LogP contribution in [-0.2, 0) is 9.16 Å². The first kappa shape index (κ1) is 21.3. The molecular weight excluding hydrogens is 379 g/mol. The van der Waals surface area contributed by atoms with Crippen molar-refractivity contribution in [3.63, 3.8) is 0 Å². The second kappa shape index (κ2) is 8.10. The summed E-state index contributed by atoms with van der Waals surface area (Å²) in [5.74, 6) is 0. The largest absolute Gasteiger partial charge is 0.444 e. The molecule has 1 fully saturated rings. The molecule has 1 saturated heterocycles. The number of nitrogens with one attached hydrogen (secondary N) is 1. The maximum Gasteiger partial charge on any atom is 0.424 e. The molecule has 0 saturated carbocycles. The number of halogens is 3. The van der Waals surface area contributed by atoms with E-state index in [9.17, 15) is 4.79 Å². The third-order valence-corrected chi connectivity index (χ3v) is 9.13. The minimum Gasteiger partial charge on any atom is -0.444 e. The van der Waals surface area contributed by atoms with Gasteiger partial charge in [0.1, 0.15) is 6.61 Å². The Bertz CT molecular complexity index is 411. The van der Waals surface area contributed by atoms with Crippen molar-refractivity contribution < 1.29 is 14.0 Å². The normalized spacial score (nSPS) is 20.5. The van der Waals surface area contributed by atoms with E-state index in [0.29, 0.717) is 13.2 Å². The standard InChI is InChI=1S/C14H27Cl3N2O3Si/c1-13(2,3)23(4,5)22-9-11-7-6-8-19(18-11)12(20)21-10-14(15,16)17/h11,18H,6-10H2,1-5H3/t11-/m0/s1. The summed E-state index contributed by atoms with van der Waals surface area (Å²) in [7, 11) is -1.81. The van der Waals surface area contributed by atoms with Crippen LogP contribution in [0.2, 0.25) is 18.1 Å². The highest BCUT2D eigenvalue weighted by molar-refractivity contribution is 6.74. The molecule has 1 rings (SSSR count). The van der Waals surface area contributed by atoms with E-state index in [2.05, 4.69) is 39.3 Å². The summed E-state index contributed by atoms with van der Waals surface area (Å²) in [5.41, 5.74) is 3.14. The van der Waals surface area contributed by atoms with E-state index in [1.54, 1.807) is 0 Å². The smallest absolute Gasteiger partial charge is 0.424 e. The molecule has 0 aromatic heterocycles. The van der Waals surface area contributed by atoms with E-state index in [1.165, 1.54) is 5.01 Å². The molecule has 1 atom stereocenters. The molecule has 1 amide bonds. The molecule has 1 aliphatic heterocycles. The zero-order chi connectivity index (χ0) is 17.9. The first-order valence-electron chi connectivity index (χ1n) is 7.73. The average molecular weight is 406 g/mol. The maximum atomic E-state index is 12.0. The van der Waals surface area contributed by atoms with Crippen molar-refractivity contribution in [1.29, 1.82) is 0 Å². The first-order valence-corrected chi connectivity index (χ1v) is 11.8. The molecule has 1 N–H and O–H groups in total. The van der Waals surface area contributed by atoms with E-state index < -0.39 is 18.2 Å². The molecule has 1 aliphatic rings. The molecule has 0 spiro atoms. The minimum atomic E-state index is -1.81. The van der Waals surface area contributed by atoms with Crippen LogP contribution < -0.4 is 5.43 Å². The second-order valence-electron chi connectivity index (χ2n) is 7.36. The molecule has 5 nitrogen and oxygen atoms in total. The fraction of sp³-hybridized carbons (Fsp3) is 0.929. The van der Waals surface area contributed by atoms with Crippen molar-refractivity contribution >= 4 is 49.2 Å². The van der Waals surface area contributed by atoms with Crippen molar-refractivity contribution in [3.05, 3.63) is 0 Å². The lowest BCUT2D eigenvalue weighted by atomic mass is 10.1. The van der Waals surface area contributed by atoms with E-state index in [0.717, 1.165) is 12.8 Å². The van der Waals surface area contributed by atoms with Gasteiger partial charge in [0.2, 0.25) is 3.79 Å². The molecule has 0 unspecified atom stereocenters. The van der Waals surface area contributed by atoms with Crippen molar-refractivity contribution in [1.82, 2.24) is 10.4 Å². The number of ether oxygens (including phenoxy) is 1. The summed E-state index contributed by atoms with van der Waals surface area (Å²) in [6, 6.07) is 0.0817. The van der Waals surface area contributed by atoms with Gasteiger partial charge in [0, 0.05) is 12.6 Å². The molecule has 23 heavy (non-hydrogen) atoms. The van der Waals surface area contributed by atoms with Gasteiger partial charge in [-0.25, -0.2) is 15.2 Å². The third-order valence-electron chi connectivity index (χ3n) is 4.30. The Morgan fingerprint density at radius 2 is 1.91 bits per heavy atom. The number of hydrogen-bond donors (Lipinski definition) is 1. The third kappa shape index (κ3) is 7.36. The topological polar surface area (TPSA) is 50.8 Å². The SMILES string of the molecule is CC(C)(C)[Si](C)(C)OC[C@@H]1CCCN(C(=O)OCC(Cl)(Cl)Cl)N1. The summed E-state index contributed by atoms with van der Waals surface area (Å²) in [5, 5.41) is 1.59. The number of rotatable bonds is 4. The van der Waals surface area contributed by atoms with Gasteiger partial charge in [0.15, 0.2) is 8.32 Å². The number of nitrogens with zero attached hydrogens (tertiary/aromatic N) is 1. The average Bonchev–Trinajstić information content (AvgIpc) is 2.41. The first-order chi connectivity index (χ1) is 10.3. The van der Waals surface area contributed by atoms with Crippen LogP contribution >= 0.6 is 34.8 Å². The lowest BCUT2D eigenvalue weighted by molar-refractivity contribution is 0.0504. The predicted octanol–water partition coefficient (Wildman–Crippen LogP) is 4.48. The number of amides is 1. The summed E-state index contributed by atoms with van der Waals surface area (Å²) >= 11 is 16.8. The van der Waals surface area contributed by atoms with Crippen molar-refractivity contribution in [3.8, 4) is 0 Å². The number of hydrogen-bond acceptors (Lipinski definition) is 4. The van der Waals surface area contributed by atoms with Crippen LogP contribution in [0.1, 0.15) is 33.6 Å². The Morgan fingerprint density at radius 3 is 2.43 bits per heavy atom. The summed E-state index contributed by atoms with van der Waals surface area (Å²) in [6.07, 6.45) is 1.29. The number of hydrazine groups is 1. The maximum absolute atomic E-state index is 12.0. The van der Waals surface area contributed by atoms with Gasteiger partial charge in [-0.2, -0.15) is 0 Å². The van der Waals surface area contributed by atoms with E-state index in [1.807, 2.05) is 0 Å². The zero-order valence-electron chi connectivity index (χ0n) is 14.4. The summed E-state index contributed by atoms with van der Waals surface area (Å²) < 4.78 is 9.60. The van der Waals surface area contributed by atoms with Crippen LogP contribution in [0, 0.1) is 0 Å². The van der Waals surface area contributed by atoms with Crippen LogP contribution in [0.3, 0.4) is 0 Å². The van der Waals surface area contributed by atoms with Gasteiger partial charge in [-0.15, -0.1) is 0 Å². The van der Waals surface area contributed by atoms with Crippen LogP contribution in [0.4, 0.5) is 4.79 Å². The number of alkyl halides is 3. The van der Waals surface area contributed by atoms with Crippen LogP contribution in [-0.4, -0.2) is 49.0 Å². The van der Waals surface area contributed by atoms with Gasteiger partial charge in [-0.1, -0.05) is 55.6 Å². The Hall–Kier alpha value is 0.277. The lowest BCUT2D eigenvalue weighted by Gasteiger charge is -2.39. The Morgan fingerprint density at radius 1 is 1.30 bits per heavy atom. The quantitative estimate of drug-likeness (QED) is 0.553. The van der Waals surface area contributed by atoms with Crippen molar-refractivity contribution in [2.75, 3.05) is 19.8 Å². The van der Waals surface area contributed by atoms with E-state index in [4.69, 9.17) is 44.0 Å². The second-order valence-corrected chi connectivity index (χ2v) is 14.7. The molecule has 9 heteroatoms. The molecule has 0 aliphatic carbocycles. The Labute approximate surface area is 155 Å². The minimum absolute atomic E-state index is 0.0817. The van der Waals surface area contributed by atoms with Gasteiger partial charge in [0.05, 0.1) is 6.61 Å². The molecule has 0 radical (unpaired) electrons. The monoisotopic (exact) mass is 404 g/mol. The Balaban J connectivity index is 2.47. The molecule has 0 bridgehead atoms. The van der Waals surface area contributed by atoms with Gasteiger partial charge >= 0.3 is 6.09 Å². The highest BCUT2D eigenvalue weighted by Crippen LogP contribution is 2.36. The fourth-order valence-corrected chi connectivity index (χ4v) is 3.07. The molecule has 0 aromatic rings. The Kier molecular flexibility index (Phi) is 7.51. The van der Waals surface area contributed by atoms with Crippen molar-refractivity contribution in [2.24, 2.45) is 0 Å². The molecule has 136 valence electrons.